The van der Waals surface area contributed by atoms with Gasteiger partial charge in [-0.25, -0.2) is 4.98 Å². The van der Waals surface area contributed by atoms with Crippen molar-refractivity contribution in [3.05, 3.63) is 69.2 Å². The third-order valence-corrected chi connectivity index (χ3v) is 5.75. The van der Waals surface area contributed by atoms with Crippen LogP contribution in [0.15, 0.2) is 47.3 Å². The Morgan fingerprint density at radius 2 is 1.90 bits per heavy atom. The number of halogens is 1. The van der Waals surface area contributed by atoms with Crippen LogP contribution < -0.4 is 10.3 Å². The molecule has 6 nitrogen and oxygen atoms in total. The van der Waals surface area contributed by atoms with E-state index >= 15 is 0 Å². The summed E-state index contributed by atoms with van der Waals surface area (Å²) in [5, 5.41) is 1.02. The molecule has 2 aromatic carbocycles. The molecule has 164 valence electrons. The number of methoxy groups -OCH3 is 1. The molecule has 1 amide bonds. The van der Waals surface area contributed by atoms with Gasteiger partial charge in [0.2, 0.25) is 0 Å². The van der Waals surface area contributed by atoms with Crippen LogP contribution in [0.3, 0.4) is 0 Å². The fourth-order valence-corrected chi connectivity index (χ4v) is 3.84. The van der Waals surface area contributed by atoms with Crippen LogP contribution in [-0.4, -0.2) is 34.0 Å². The Kier molecular flexibility index (Phi) is 7.33. The third kappa shape index (κ3) is 4.90. The molecule has 0 saturated carbocycles. The fourth-order valence-electron chi connectivity index (χ4n) is 3.68. The van der Waals surface area contributed by atoms with Gasteiger partial charge >= 0.3 is 0 Å². The van der Waals surface area contributed by atoms with Gasteiger partial charge in [-0.15, -0.1) is 0 Å². The number of nitrogens with zero attached hydrogens (tertiary/aromatic N) is 3. The van der Waals surface area contributed by atoms with Crippen molar-refractivity contribution in [1.82, 2.24) is 14.5 Å². The van der Waals surface area contributed by atoms with Gasteiger partial charge in [0.15, 0.2) is 0 Å². The molecule has 0 saturated heterocycles. The maximum absolute atomic E-state index is 13.4. The number of ether oxygens (including phenoxy) is 1. The molecule has 1 unspecified atom stereocenters. The normalized spacial score (nSPS) is 12.0. The summed E-state index contributed by atoms with van der Waals surface area (Å²) in [6, 6.07) is 11.7. The van der Waals surface area contributed by atoms with Crippen LogP contribution >= 0.6 is 11.6 Å². The SMILES string of the molecule is CCCCCN(C(=O)c1ccc(OC)cc1)C(C)c1nc2cc(Cl)ccc2c(=O)n1C. The molecule has 0 aliphatic heterocycles. The zero-order valence-electron chi connectivity index (χ0n) is 18.4. The van der Waals surface area contributed by atoms with E-state index in [1.54, 1.807) is 61.5 Å². The Balaban J connectivity index is 2.03. The van der Waals surface area contributed by atoms with Gasteiger partial charge in [-0.1, -0.05) is 31.4 Å². The van der Waals surface area contributed by atoms with Gasteiger partial charge in [0.05, 0.1) is 24.1 Å². The van der Waals surface area contributed by atoms with Crippen molar-refractivity contribution < 1.29 is 9.53 Å². The Morgan fingerprint density at radius 1 is 1.19 bits per heavy atom. The summed E-state index contributed by atoms with van der Waals surface area (Å²) in [6.45, 7) is 4.60. The van der Waals surface area contributed by atoms with Crippen molar-refractivity contribution in [3.63, 3.8) is 0 Å². The van der Waals surface area contributed by atoms with Gasteiger partial charge < -0.3 is 9.64 Å². The summed E-state index contributed by atoms with van der Waals surface area (Å²) in [7, 11) is 3.28. The molecule has 0 bridgehead atoms. The molecule has 0 aliphatic rings. The highest BCUT2D eigenvalue weighted by Gasteiger charge is 2.26. The lowest BCUT2D eigenvalue weighted by atomic mass is 10.1. The number of aromatic nitrogens is 2. The molecule has 31 heavy (non-hydrogen) atoms. The number of rotatable bonds is 8. The highest BCUT2D eigenvalue weighted by molar-refractivity contribution is 6.31. The number of hydrogen-bond acceptors (Lipinski definition) is 4. The summed E-state index contributed by atoms with van der Waals surface area (Å²) < 4.78 is 6.72. The average molecular weight is 442 g/mol. The first-order valence-corrected chi connectivity index (χ1v) is 10.9. The van der Waals surface area contributed by atoms with E-state index in [-0.39, 0.29) is 11.5 Å². The van der Waals surface area contributed by atoms with E-state index in [2.05, 4.69) is 6.92 Å². The van der Waals surface area contributed by atoms with Crippen molar-refractivity contribution in [2.75, 3.05) is 13.7 Å². The molecule has 3 aromatic rings. The van der Waals surface area contributed by atoms with Gasteiger partial charge in [-0.05, 0) is 55.8 Å². The van der Waals surface area contributed by atoms with E-state index in [0.29, 0.717) is 39.6 Å². The fraction of sp³-hybridized carbons (Fsp3) is 0.375. The molecule has 3 rings (SSSR count). The Morgan fingerprint density at radius 3 is 2.55 bits per heavy atom. The van der Waals surface area contributed by atoms with Crippen LogP contribution in [-0.2, 0) is 7.05 Å². The Hall–Kier alpha value is -2.86. The van der Waals surface area contributed by atoms with Crippen LogP contribution in [0.5, 0.6) is 5.75 Å². The molecule has 7 heteroatoms. The lowest BCUT2D eigenvalue weighted by Crippen LogP contribution is -2.38. The number of hydrogen-bond donors (Lipinski definition) is 0. The van der Waals surface area contributed by atoms with Crippen molar-refractivity contribution in [2.45, 2.75) is 39.2 Å². The standard InChI is InChI=1S/C24H28ClN3O3/c1-5-6-7-14-28(23(29)17-8-11-19(31-4)12-9-17)16(2)22-26-21-15-18(25)10-13-20(21)24(30)27(22)3/h8-13,15-16H,5-7,14H2,1-4H3. The molecule has 0 spiro atoms. The molecule has 0 aliphatic carbocycles. The van der Waals surface area contributed by atoms with Gasteiger partial charge in [-0.2, -0.15) is 0 Å². The average Bonchev–Trinajstić information content (AvgIpc) is 2.78. The molecular formula is C24H28ClN3O3. The molecule has 1 heterocycles. The lowest BCUT2D eigenvalue weighted by molar-refractivity contribution is 0.0676. The summed E-state index contributed by atoms with van der Waals surface area (Å²) in [6.07, 6.45) is 2.93. The van der Waals surface area contributed by atoms with E-state index in [1.807, 2.05) is 6.92 Å². The first-order valence-electron chi connectivity index (χ1n) is 10.5. The molecular weight excluding hydrogens is 414 g/mol. The minimum Gasteiger partial charge on any atom is -0.497 e. The first-order chi connectivity index (χ1) is 14.9. The van der Waals surface area contributed by atoms with E-state index in [4.69, 9.17) is 21.3 Å². The van der Waals surface area contributed by atoms with Crippen molar-refractivity contribution in [2.24, 2.45) is 7.05 Å². The predicted octanol–water partition coefficient (Wildman–Crippen LogP) is 4.99. The van der Waals surface area contributed by atoms with Crippen LogP contribution in [0, 0.1) is 0 Å². The van der Waals surface area contributed by atoms with Crippen LogP contribution in [0.25, 0.3) is 10.9 Å². The minimum atomic E-state index is -0.396. The molecule has 0 N–H and O–H groups in total. The number of unbranched alkanes of at least 4 members (excludes halogenated alkanes) is 2. The monoisotopic (exact) mass is 441 g/mol. The maximum atomic E-state index is 13.4. The number of benzene rings is 2. The van der Waals surface area contributed by atoms with Gasteiger partial charge in [0, 0.05) is 24.2 Å². The highest BCUT2D eigenvalue weighted by Crippen LogP contribution is 2.24. The van der Waals surface area contributed by atoms with E-state index in [0.717, 1.165) is 19.3 Å². The Bertz CT molecular complexity index is 1130. The molecule has 1 atom stereocenters. The van der Waals surface area contributed by atoms with E-state index in [9.17, 15) is 9.59 Å². The lowest BCUT2D eigenvalue weighted by Gasteiger charge is -2.30. The molecule has 0 radical (unpaired) electrons. The first kappa shape index (κ1) is 22.8. The zero-order chi connectivity index (χ0) is 22.5. The van der Waals surface area contributed by atoms with Gasteiger partial charge in [0.1, 0.15) is 11.6 Å². The summed E-state index contributed by atoms with van der Waals surface area (Å²) in [5.41, 5.74) is 0.940. The summed E-state index contributed by atoms with van der Waals surface area (Å²) in [5.74, 6) is 1.11. The number of fused-ring (bicyclic) bond motifs is 1. The van der Waals surface area contributed by atoms with Gasteiger partial charge in [-0.3, -0.25) is 14.2 Å². The quantitative estimate of drug-likeness (QED) is 0.462. The second-order valence-corrected chi connectivity index (χ2v) is 8.04. The summed E-state index contributed by atoms with van der Waals surface area (Å²) >= 11 is 6.12. The van der Waals surface area contributed by atoms with E-state index in [1.165, 1.54) is 4.57 Å². The topological polar surface area (TPSA) is 64.4 Å². The number of carbonyl (C=O) groups excluding carboxylic acids is 1. The third-order valence-electron chi connectivity index (χ3n) is 5.52. The second kappa shape index (κ2) is 9.96. The Labute approximate surface area is 187 Å². The molecule has 0 fully saturated rings. The zero-order valence-corrected chi connectivity index (χ0v) is 19.1. The summed E-state index contributed by atoms with van der Waals surface area (Å²) in [4.78, 5) is 32.8. The second-order valence-electron chi connectivity index (χ2n) is 7.61. The number of amides is 1. The van der Waals surface area contributed by atoms with Crippen LogP contribution in [0.1, 0.15) is 55.3 Å². The van der Waals surface area contributed by atoms with Crippen LogP contribution in [0.2, 0.25) is 5.02 Å². The number of carbonyl (C=O) groups is 1. The predicted molar refractivity (Wildman–Crippen MR) is 124 cm³/mol. The van der Waals surface area contributed by atoms with Crippen LogP contribution in [0.4, 0.5) is 0 Å². The highest BCUT2D eigenvalue weighted by atomic mass is 35.5. The largest absolute Gasteiger partial charge is 0.497 e. The van der Waals surface area contributed by atoms with Crippen molar-refractivity contribution in [3.8, 4) is 5.75 Å². The van der Waals surface area contributed by atoms with E-state index < -0.39 is 6.04 Å². The maximum Gasteiger partial charge on any atom is 0.261 e. The molecule has 1 aromatic heterocycles. The minimum absolute atomic E-state index is 0.105. The smallest absolute Gasteiger partial charge is 0.261 e. The van der Waals surface area contributed by atoms with Crippen molar-refractivity contribution in [1.29, 1.82) is 0 Å². The van der Waals surface area contributed by atoms with Gasteiger partial charge in [0.25, 0.3) is 11.5 Å². The van der Waals surface area contributed by atoms with Crippen molar-refractivity contribution >= 4 is 28.4 Å².